The summed E-state index contributed by atoms with van der Waals surface area (Å²) in [4.78, 5) is 11.6. The van der Waals surface area contributed by atoms with Gasteiger partial charge in [-0.1, -0.05) is 35.0 Å². The van der Waals surface area contributed by atoms with E-state index in [1.54, 1.807) is 24.3 Å². The van der Waals surface area contributed by atoms with E-state index in [0.29, 0.717) is 16.5 Å². The van der Waals surface area contributed by atoms with Crippen LogP contribution in [0, 0.1) is 0 Å². The zero-order chi connectivity index (χ0) is 13.1. The van der Waals surface area contributed by atoms with E-state index >= 15 is 0 Å². The van der Waals surface area contributed by atoms with Crippen LogP contribution in [0.4, 0.5) is 0 Å². The van der Waals surface area contributed by atoms with Crippen molar-refractivity contribution >= 4 is 28.3 Å². The minimum absolute atomic E-state index is 0.0870. The molecule has 0 spiro atoms. The second kappa shape index (κ2) is 5.20. The summed E-state index contributed by atoms with van der Waals surface area (Å²) in [6.07, 6.45) is 0.0870. The second-order valence-electron chi connectivity index (χ2n) is 3.59. The number of nitrogens with zero attached hydrogens (tertiary/aromatic N) is 1. The van der Waals surface area contributed by atoms with Crippen molar-refractivity contribution in [2.24, 2.45) is 5.16 Å². The summed E-state index contributed by atoms with van der Waals surface area (Å²) >= 11 is 5.90. The molecule has 0 unspecified atom stereocenters. The molecule has 1 aromatic carbocycles. The van der Waals surface area contributed by atoms with Gasteiger partial charge in [0.1, 0.15) is 10.6 Å². The lowest BCUT2D eigenvalue weighted by Crippen LogP contribution is -2.11. The van der Waals surface area contributed by atoms with Crippen molar-refractivity contribution < 1.29 is 14.7 Å². The third-order valence-corrected chi connectivity index (χ3v) is 2.86. The van der Waals surface area contributed by atoms with E-state index in [9.17, 15) is 4.79 Å². The fraction of sp³-hybridized carbons (Fsp3) is 0.167. The van der Waals surface area contributed by atoms with Gasteiger partial charge in [0.15, 0.2) is 0 Å². The Morgan fingerprint density at radius 1 is 1.39 bits per heavy atom. The van der Waals surface area contributed by atoms with Gasteiger partial charge in [0.05, 0.1) is 5.71 Å². The first-order chi connectivity index (χ1) is 8.69. The van der Waals surface area contributed by atoms with Crippen LogP contribution in [0.3, 0.4) is 0 Å². The van der Waals surface area contributed by atoms with Gasteiger partial charge in [-0.05, 0) is 6.07 Å². The lowest BCUT2D eigenvalue weighted by Gasteiger charge is -2.08. The molecule has 1 aromatic heterocycles. The van der Waals surface area contributed by atoms with Crippen molar-refractivity contribution in [3.05, 3.63) is 45.3 Å². The normalized spacial score (nSPS) is 12.0. The Morgan fingerprint density at radius 3 is 2.78 bits per heavy atom. The zero-order valence-electron chi connectivity index (χ0n) is 9.26. The van der Waals surface area contributed by atoms with Crippen LogP contribution < -0.4 is 5.63 Å². The van der Waals surface area contributed by atoms with Gasteiger partial charge >= 0.3 is 5.63 Å². The highest BCUT2D eigenvalue weighted by Crippen LogP contribution is 2.24. The number of rotatable bonds is 3. The van der Waals surface area contributed by atoms with E-state index in [0.717, 1.165) is 0 Å². The van der Waals surface area contributed by atoms with Gasteiger partial charge < -0.3 is 14.7 Å². The largest absolute Gasteiger partial charge is 0.422 e. The fourth-order valence-electron chi connectivity index (χ4n) is 1.74. The Morgan fingerprint density at radius 2 is 2.11 bits per heavy atom. The molecule has 1 heterocycles. The summed E-state index contributed by atoms with van der Waals surface area (Å²) in [5, 5.41) is 21.4. The number of fused-ring (bicyclic) bond motifs is 1. The Hall–Kier alpha value is -1.85. The first kappa shape index (κ1) is 12.6. The summed E-state index contributed by atoms with van der Waals surface area (Å²) < 4.78 is 5.02. The molecule has 0 aliphatic heterocycles. The average molecular weight is 268 g/mol. The van der Waals surface area contributed by atoms with Gasteiger partial charge in [-0.15, -0.1) is 0 Å². The maximum atomic E-state index is 11.6. The third-order valence-electron chi connectivity index (χ3n) is 2.52. The Labute approximate surface area is 107 Å². The third kappa shape index (κ3) is 2.10. The van der Waals surface area contributed by atoms with Crippen LogP contribution in [0.2, 0.25) is 5.02 Å². The molecule has 94 valence electrons. The SMILES string of the molecule is O=c1oc2ccccc2c(/C(CCO)=N\O)c1Cl. The highest BCUT2D eigenvalue weighted by Gasteiger charge is 2.17. The first-order valence-electron chi connectivity index (χ1n) is 5.22. The highest BCUT2D eigenvalue weighted by atomic mass is 35.5. The van der Waals surface area contributed by atoms with Crippen molar-refractivity contribution in [1.29, 1.82) is 0 Å². The average Bonchev–Trinajstić information content (AvgIpc) is 2.38. The van der Waals surface area contributed by atoms with E-state index in [2.05, 4.69) is 5.16 Å². The van der Waals surface area contributed by atoms with E-state index in [1.807, 2.05) is 0 Å². The lowest BCUT2D eigenvalue weighted by atomic mass is 10.0. The summed E-state index contributed by atoms with van der Waals surface area (Å²) in [7, 11) is 0. The molecule has 18 heavy (non-hydrogen) atoms. The number of hydrogen-bond donors (Lipinski definition) is 2. The minimum Gasteiger partial charge on any atom is -0.422 e. The van der Waals surface area contributed by atoms with Crippen molar-refractivity contribution in [2.45, 2.75) is 6.42 Å². The predicted octanol–water partition coefficient (Wildman–Crippen LogP) is 2.01. The minimum atomic E-state index is -0.704. The molecule has 2 N–H and O–H groups in total. The molecule has 2 rings (SSSR count). The smallest absolute Gasteiger partial charge is 0.355 e. The summed E-state index contributed by atoms with van der Waals surface area (Å²) in [6.45, 7) is -0.218. The van der Waals surface area contributed by atoms with Gasteiger partial charge in [0, 0.05) is 24.0 Å². The van der Waals surface area contributed by atoms with Gasteiger partial charge in [-0.3, -0.25) is 0 Å². The van der Waals surface area contributed by atoms with Crippen LogP contribution in [0.25, 0.3) is 11.0 Å². The molecule has 0 aliphatic carbocycles. The van der Waals surface area contributed by atoms with Gasteiger partial charge in [-0.2, -0.15) is 0 Å². The number of aliphatic hydroxyl groups is 1. The second-order valence-corrected chi connectivity index (χ2v) is 3.97. The fourth-order valence-corrected chi connectivity index (χ4v) is 1.99. The molecule has 0 saturated carbocycles. The van der Waals surface area contributed by atoms with E-state index in [4.69, 9.17) is 26.3 Å². The molecule has 5 nitrogen and oxygen atoms in total. The predicted molar refractivity (Wildman–Crippen MR) is 67.5 cm³/mol. The number of oxime groups is 1. The van der Waals surface area contributed by atoms with Gasteiger partial charge in [0.25, 0.3) is 0 Å². The van der Waals surface area contributed by atoms with Crippen molar-refractivity contribution in [1.82, 2.24) is 0 Å². The Kier molecular flexibility index (Phi) is 3.64. The van der Waals surface area contributed by atoms with Gasteiger partial charge in [0.2, 0.25) is 0 Å². The number of para-hydroxylation sites is 1. The van der Waals surface area contributed by atoms with Crippen molar-refractivity contribution in [3.63, 3.8) is 0 Å². The number of aliphatic hydroxyl groups excluding tert-OH is 1. The van der Waals surface area contributed by atoms with Crippen LogP contribution in [0.5, 0.6) is 0 Å². The lowest BCUT2D eigenvalue weighted by molar-refractivity contribution is 0.295. The summed E-state index contributed by atoms with van der Waals surface area (Å²) in [6, 6.07) is 6.77. The molecule has 0 amide bonds. The van der Waals surface area contributed by atoms with Crippen LogP contribution in [-0.2, 0) is 0 Å². The standard InChI is InChI=1S/C12H10ClNO4/c13-11-10(8(14-17)5-6-15)7-3-1-2-4-9(7)18-12(11)16/h1-4,15,17H,5-6H2/b14-8-. The monoisotopic (exact) mass is 267 g/mol. The summed E-state index contributed by atoms with van der Waals surface area (Å²) in [5.74, 6) is 0. The van der Waals surface area contributed by atoms with Crippen LogP contribution in [-0.4, -0.2) is 22.6 Å². The topological polar surface area (TPSA) is 83.0 Å². The molecule has 0 radical (unpaired) electrons. The van der Waals surface area contributed by atoms with E-state index in [-0.39, 0.29) is 23.8 Å². The van der Waals surface area contributed by atoms with Crippen molar-refractivity contribution in [2.75, 3.05) is 6.61 Å². The maximum Gasteiger partial charge on any atom is 0.355 e. The van der Waals surface area contributed by atoms with E-state index < -0.39 is 5.63 Å². The summed E-state index contributed by atoms with van der Waals surface area (Å²) in [5.41, 5.74) is 0.0807. The molecule has 0 atom stereocenters. The highest BCUT2D eigenvalue weighted by molar-refractivity contribution is 6.35. The van der Waals surface area contributed by atoms with Crippen LogP contribution in [0.15, 0.2) is 38.6 Å². The van der Waals surface area contributed by atoms with E-state index in [1.165, 1.54) is 0 Å². The molecule has 0 fully saturated rings. The molecular formula is C12H10ClNO4. The Balaban J connectivity index is 2.82. The van der Waals surface area contributed by atoms with Crippen LogP contribution >= 0.6 is 11.6 Å². The van der Waals surface area contributed by atoms with Crippen LogP contribution in [0.1, 0.15) is 12.0 Å². The maximum absolute atomic E-state index is 11.6. The molecule has 0 saturated heterocycles. The molecule has 0 aliphatic rings. The van der Waals surface area contributed by atoms with Crippen molar-refractivity contribution in [3.8, 4) is 0 Å². The molecule has 6 heteroatoms. The molecule has 0 bridgehead atoms. The first-order valence-corrected chi connectivity index (χ1v) is 5.60. The Bertz CT molecular complexity index is 663. The number of hydrogen-bond acceptors (Lipinski definition) is 5. The van der Waals surface area contributed by atoms with Gasteiger partial charge in [-0.25, -0.2) is 4.79 Å². The quantitative estimate of drug-likeness (QED) is 0.386. The molecule has 2 aromatic rings. The number of benzene rings is 1. The zero-order valence-corrected chi connectivity index (χ0v) is 10.0. The number of halogens is 1. The molecular weight excluding hydrogens is 258 g/mol.